The van der Waals surface area contributed by atoms with Crippen molar-refractivity contribution < 1.29 is 18.8 Å². The SMILES string of the molecule is Cc1ccccc1NC(=O)CN1C(=O)[C@@]2(SCC(=O)N2c2ccc(F)cc2)c2ccccc21. The van der Waals surface area contributed by atoms with Crippen LogP contribution in [0.2, 0.25) is 0 Å². The zero-order chi connectivity index (χ0) is 23.2. The van der Waals surface area contributed by atoms with Crippen molar-refractivity contribution in [1.82, 2.24) is 0 Å². The van der Waals surface area contributed by atoms with E-state index in [1.807, 2.05) is 25.1 Å². The molecule has 8 heteroatoms. The lowest BCUT2D eigenvalue weighted by Crippen LogP contribution is -2.50. The second-order valence-electron chi connectivity index (χ2n) is 7.91. The normalized spacial score (nSPS) is 19.3. The van der Waals surface area contributed by atoms with Crippen molar-refractivity contribution in [2.24, 2.45) is 0 Å². The first-order valence-corrected chi connectivity index (χ1v) is 11.4. The summed E-state index contributed by atoms with van der Waals surface area (Å²) in [7, 11) is 0. The molecule has 1 spiro atoms. The van der Waals surface area contributed by atoms with E-state index >= 15 is 0 Å². The Labute approximate surface area is 194 Å². The maximum atomic E-state index is 13.9. The van der Waals surface area contributed by atoms with E-state index in [0.717, 1.165) is 5.56 Å². The summed E-state index contributed by atoms with van der Waals surface area (Å²) in [5.41, 5.74) is 3.24. The van der Waals surface area contributed by atoms with Crippen LogP contribution in [-0.4, -0.2) is 30.0 Å². The molecule has 2 heterocycles. The minimum Gasteiger partial charge on any atom is -0.324 e. The molecule has 3 aromatic rings. The maximum absolute atomic E-state index is 13.9. The summed E-state index contributed by atoms with van der Waals surface area (Å²) in [5.74, 6) is -1.29. The Morgan fingerprint density at radius 2 is 1.73 bits per heavy atom. The highest BCUT2D eigenvalue weighted by atomic mass is 32.2. The predicted octanol–water partition coefficient (Wildman–Crippen LogP) is 4.05. The molecule has 0 bridgehead atoms. The van der Waals surface area contributed by atoms with Gasteiger partial charge in [0.1, 0.15) is 12.4 Å². The molecule has 6 nitrogen and oxygen atoms in total. The number of nitrogens with zero attached hydrogens (tertiary/aromatic N) is 2. The van der Waals surface area contributed by atoms with Gasteiger partial charge in [-0.05, 0) is 48.9 Å². The van der Waals surface area contributed by atoms with E-state index in [1.54, 1.807) is 30.3 Å². The number of aryl methyl sites for hydroxylation is 1. The molecule has 0 radical (unpaired) electrons. The van der Waals surface area contributed by atoms with E-state index < -0.39 is 10.7 Å². The van der Waals surface area contributed by atoms with Gasteiger partial charge in [0.2, 0.25) is 16.7 Å². The summed E-state index contributed by atoms with van der Waals surface area (Å²) < 4.78 is 13.5. The van der Waals surface area contributed by atoms with E-state index in [2.05, 4.69) is 5.32 Å². The Morgan fingerprint density at radius 3 is 2.48 bits per heavy atom. The van der Waals surface area contributed by atoms with Crippen molar-refractivity contribution >= 4 is 46.5 Å². The van der Waals surface area contributed by atoms with Gasteiger partial charge in [0.25, 0.3) is 5.91 Å². The molecule has 0 unspecified atom stereocenters. The Balaban J connectivity index is 1.52. The molecule has 33 heavy (non-hydrogen) atoms. The van der Waals surface area contributed by atoms with Crippen LogP contribution in [-0.2, 0) is 19.3 Å². The van der Waals surface area contributed by atoms with E-state index in [4.69, 9.17) is 0 Å². The number of hydrogen-bond donors (Lipinski definition) is 1. The van der Waals surface area contributed by atoms with E-state index in [9.17, 15) is 18.8 Å². The van der Waals surface area contributed by atoms with Gasteiger partial charge in [-0.15, -0.1) is 11.8 Å². The third kappa shape index (κ3) is 3.38. The van der Waals surface area contributed by atoms with Crippen LogP contribution in [0.15, 0.2) is 72.8 Å². The van der Waals surface area contributed by atoms with Gasteiger partial charge < -0.3 is 5.32 Å². The first-order valence-electron chi connectivity index (χ1n) is 10.4. The third-order valence-electron chi connectivity index (χ3n) is 5.87. The number of benzene rings is 3. The average molecular weight is 462 g/mol. The number of nitrogens with one attached hydrogen (secondary N) is 1. The van der Waals surface area contributed by atoms with Crippen LogP contribution < -0.4 is 15.1 Å². The first-order chi connectivity index (χ1) is 15.9. The van der Waals surface area contributed by atoms with Crippen LogP contribution in [0.4, 0.5) is 21.5 Å². The van der Waals surface area contributed by atoms with Crippen LogP contribution in [0.1, 0.15) is 11.1 Å². The fourth-order valence-electron chi connectivity index (χ4n) is 4.35. The average Bonchev–Trinajstić information content (AvgIpc) is 3.27. The number of anilines is 3. The summed E-state index contributed by atoms with van der Waals surface area (Å²) in [6.45, 7) is 1.69. The molecule has 1 atom stereocenters. The molecular formula is C25H20FN3O3S. The molecule has 1 saturated heterocycles. The van der Waals surface area contributed by atoms with E-state index in [-0.39, 0.29) is 30.0 Å². The zero-order valence-electron chi connectivity index (χ0n) is 17.7. The number of para-hydroxylation sites is 2. The molecule has 3 aromatic carbocycles. The lowest BCUT2D eigenvalue weighted by Gasteiger charge is -2.33. The molecule has 2 aliphatic heterocycles. The van der Waals surface area contributed by atoms with Gasteiger partial charge in [0, 0.05) is 16.9 Å². The van der Waals surface area contributed by atoms with Gasteiger partial charge in [-0.25, -0.2) is 4.39 Å². The van der Waals surface area contributed by atoms with Crippen molar-refractivity contribution in [3.8, 4) is 0 Å². The van der Waals surface area contributed by atoms with Crippen LogP contribution in [0, 0.1) is 12.7 Å². The number of fused-ring (bicyclic) bond motifs is 2. The minimum atomic E-state index is -1.34. The predicted molar refractivity (Wildman–Crippen MR) is 127 cm³/mol. The number of amides is 3. The lowest BCUT2D eigenvalue weighted by atomic mass is 10.0. The van der Waals surface area contributed by atoms with Gasteiger partial charge in [-0.2, -0.15) is 0 Å². The molecule has 0 saturated carbocycles. The third-order valence-corrected chi connectivity index (χ3v) is 7.26. The molecule has 0 aliphatic carbocycles. The number of carbonyl (C=O) groups excluding carboxylic acids is 3. The summed E-state index contributed by atoms with van der Waals surface area (Å²) in [6, 6.07) is 20.1. The summed E-state index contributed by atoms with van der Waals surface area (Å²) >= 11 is 1.22. The van der Waals surface area contributed by atoms with Crippen molar-refractivity contribution in [2.45, 2.75) is 11.8 Å². The number of halogens is 1. The van der Waals surface area contributed by atoms with Gasteiger partial charge in [0.05, 0.1) is 11.4 Å². The number of carbonyl (C=O) groups is 3. The topological polar surface area (TPSA) is 69.7 Å². The molecule has 1 N–H and O–H groups in total. The highest BCUT2D eigenvalue weighted by molar-refractivity contribution is 8.02. The van der Waals surface area contributed by atoms with Crippen LogP contribution in [0.5, 0.6) is 0 Å². The number of thioether (sulfide) groups is 1. The van der Waals surface area contributed by atoms with Crippen molar-refractivity contribution in [1.29, 1.82) is 0 Å². The molecule has 3 amide bonds. The van der Waals surface area contributed by atoms with Crippen LogP contribution in [0.3, 0.4) is 0 Å². The quantitative estimate of drug-likeness (QED) is 0.637. The van der Waals surface area contributed by atoms with E-state index in [1.165, 1.54) is 45.8 Å². The highest BCUT2D eigenvalue weighted by Gasteiger charge is 2.61. The monoisotopic (exact) mass is 461 g/mol. The number of hydrogen-bond acceptors (Lipinski definition) is 4. The van der Waals surface area contributed by atoms with Gasteiger partial charge in [-0.3, -0.25) is 24.2 Å². The summed E-state index contributed by atoms with van der Waals surface area (Å²) in [5, 5.41) is 2.86. The fraction of sp³-hybridized carbons (Fsp3) is 0.160. The lowest BCUT2D eigenvalue weighted by molar-refractivity contribution is -0.124. The molecular weight excluding hydrogens is 441 g/mol. The molecule has 5 rings (SSSR count). The standard InChI is InChI=1S/C25H20FN3O3S/c1-16-6-2-4-8-20(16)27-22(30)14-28-21-9-5-3-7-19(21)25(24(28)32)29(23(31)15-33-25)18-12-10-17(26)11-13-18/h2-13H,14-15H2,1H3,(H,27,30)/t25-/m0/s1. The van der Waals surface area contributed by atoms with Gasteiger partial charge in [-0.1, -0.05) is 36.4 Å². The van der Waals surface area contributed by atoms with Crippen LogP contribution >= 0.6 is 11.8 Å². The Bertz CT molecular complexity index is 1280. The fourth-order valence-corrected chi connectivity index (χ4v) is 5.71. The minimum absolute atomic E-state index is 0.0979. The molecule has 0 aromatic heterocycles. The second-order valence-corrected chi connectivity index (χ2v) is 9.08. The van der Waals surface area contributed by atoms with Gasteiger partial charge in [0.15, 0.2) is 0 Å². The smallest absolute Gasteiger partial charge is 0.269 e. The summed E-state index contributed by atoms with van der Waals surface area (Å²) in [6.07, 6.45) is 0. The van der Waals surface area contributed by atoms with Crippen LogP contribution in [0.25, 0.3) is 0 Å². The number of rotatable bonds is 4. The zero-order valence-corrected chi connectivity index (χ0v) is 18.6. The Kier molecular flexibility index (Phi) is 5.17. The Hall–Kier alpha value is -3.65. The first kappa shape index (κ1) is 21.2. The maximum Gasteiger partial charge on any atom is 0.269 e. The molecule has 166 valence electrons. The van der Waals surface area contributed by atoms with E-state index in [0.29, 0.717) is 22.6 Å². The Morgan fingerprint density at radius 1 is 1.03 bits per heavy atom. The second kappa shape index (κ2) is 8.04. The van der Waals surface area contributed by atoms with Gasteiger partial charge >= 0.3 is 0 Å². The summed E-state index contributed by atoms with van der Waals surface area (Å²) in [4.78, 5) is 41.2. The van der Waals surface area contributed by atoms with Crippen molar-refractivity contribution in [2.75, 3.05) is 27.4 Å². The highest BCUT2D eigenvalue weighted by Crippen LogP contribution is 2.55. The van der Waals surface area contributed by atoms with Crippen molar-refractivity contribution in [3.63, 3.8) is 0 Å². The van der Waals surface area contributed by atoms with Crippen molar-refractivity contribution in [3.05, 3.63) is 89.7 Å². The molecule has 1 fully saturated rings. The largest absolute Gasteiger partial charge is 0.324 e. The molecule has 2 aliphatic rings.